The first-order valence-corrected chi connectivity index (χ1v) is 6.55. The van der Waals surface area contributed by atoms with Crippen LogP contribution in [0.25, 0.3) is 0 Å². The minimum absolute atomic E-state index is 0.107. The minimum atomic E-state index is -0.971. The Hall–Kier alpha value is -1.06. The molecule has 0 fully saturated rings. The molecule has 0 aromatic carbocycles. The summed E-state index contributed by atoms with van der Waals surface area (Å²) in [6, 6.07) is -0.792. The van der Waals surface area contributed by atoms with E-state index in [9.17, 15) is 9.59 Å². The van der Waals surface area contributed by atoms with Crippen LogP contribution in [0.15, 0.2) is 0 Å². The molecule has 0 aliphatic carbocycles. The fraction of sp³-hybridized carbons (Fsp3) is 0.857. The third kappa shape index (κ3) is 7.30. The average Bonchev–Trinajstić information content (AvgIpc) is 2.09. The SMILES string of the molecule is CC(CC(=O)N[C@@H](C(=O)O)C(C)C)CC(C)(C)C. The quantitative estimate of drug-likeness (QED) is 0.768. The van der Waals surface area contributed by atoms with Crippen molar-refractivity contribution in [1.29, 1.82) is 0 Å². The molecule has 4 nitrogen and oxygen atoms in total. The molecule has 1 amide bonds. The van der Waals surface area contributed by atoms with Crippen LogP contribution >= 0.6 is 0 Å². The first-order chi connectivity index (χ1) is 8.03. The topological polar surface area (TPSA) is 66.4 Å². The molecule has 1 unspecified atom stereocenters. The highest BCUT2D eigenvalue weighted by atomic mass is 16.4. The van der Waals surface area contributed by atoms with Crippen molar-refractivity contribution in [3.05, 3.63) is 0 Å². The summed E-state index contributed by atoms with van der Waals surface area (Å²) in [5.74, 6) is -0.995. The average molecular weight is 257 g/mol. The zero-order valence-electron chi connectivity index (χ0n) is 12.4. The Morgan fingerprint density at radius 2 is 1.67 bits per heavy atom. The Kier molecular flexibility index (Phi) is 6.36. The van der Waals surface area contributed by atoms with E-state index in [1.165, 1.54) is 0 Å². The lowest BCUT2D eigenvalue weighted by atomic mass is 9.84. The Morgan fingerprint density at radius 1 is 1.17 bits per heavy atom. The predicted octanol–water partition coefficient (Wildman–Crippen LogP) is 2.67. The van der Waals surface area contributed by atoms with Gasteiger partial charge in [-0.05, 0) is 23.7 Å². The summed E-state index contributed by atoms with van der Waals surface area (Å²) >= 11 is 0. The van der Waals surface area contributed by atoms with Gasteiger partial charge >= 0.3 is 5.97 Å². The number of carboxylic acid groups (broad SMARTS) is 1. The maximum absolute atomic E-state index is 11.8. The van der Waals surface area contributed by atoms with Gasteiger partial charge in [-0.1, -0.05) is 41.5 Å². The molecule has 18 heavy (non-hydrogen) atoms. The number of carbonyl (C=O) groups is 2. The number of amides is 1. The fourth-order valence-corrected chi connectivity index (χ4v) is 2.18. The summed E-state index contributed by atoms with van der Waals surface area (Å²) in [4.78, 5) is 22.8. The Labute approximate surface area is 110 Å². The molecular weight excluding hydrogens is 230 g/mol. The van der Waals surface area contributed by atoms with Gasteiger partial charge in [0.1, 0.15) is 6.04 Å². The van der Waals surface area contributed by atoms with Gasteiger partial charge in [0.25, 0.3) is 0 Å². The lowest BCUT2D eigenvalue weighted by Gasteiger charge is -2.24. The maximum atomic E-state index is 11.8. The van der Waals surface area contributed by atoms with Crippen LogP contribution in [0, 0.1) is 17.3 Å². The normalized spacial score (nSPS) is 15.3. The summed E-state index contributed by atoms with van der Waals surface area (Å²) in [6.45, 7) is 12.0. The molecule has 0 spiro atoms. The third-order valence-electron chi connectivity index (χ3n) is 2.74. The smallest absolute Gasteiger partial charge is 0.326 e. The molecule has 0 rings (SSSR count). The molecule has 0 aromatic rings. The van der Waals surface area contributed by atoms with E-state index >= 15 is 0 Å². The Morgan fingerprint density at radius 3 is 2.00 bits per heavy atom. The van der Waals surface area contributed by atoms with Gasteiger partial charge in [-0.3, -0.25) is 4.79 Å². The molecule has 4 heteroatoms. The lowest BCUT2D eigenvalue weighted by molar-refractivity contribution is -0.143. The molecular formula is C14H27NO3. The van der Waals surface area contributed by atoms with Gasteiger partial charge in [0.05, 0.1) is 0 Å². The molecule has 0 heterocycles. The number of carbonyl (C=O) groups excluding carboxylic acids is 1. The van der Waals surface area contributed by atoms with Crippen molar-refractivity contribution in [3.8, 4) is 0 Å². The second kappa shape index (κ2) is 6.76. The summed E-state index contributed by atoms with van der Waals surface area (Å²) < 4.78 is 0. The van der Waals surface area contributed by atoms with Crippen LogP contribution < -0.4 is 5.32 Å². The second-order valence-electron chi connectivity index (χ2n) is 6.70. The van der Waals surface area contributed by atoms with Crippen molar-refractivity contribution < 1.29 is 14.7 Å². The third-order valence-corrected chi connectivity index (χ3v) is 2.74. The van der Waals surface area contributed by atoms with E-state index in [1.54, 1.807) is 13.8 Å². The molecule has 106 valence electrons. The van der Waals surface area contributed by atoms with Gasteiger partial charge in [0.2, 0.25) is 5.91 Å². The second-order valence-corrected chi connectivity index (χ2v) is 6.70. The number of carboxylic acids is 1. The lowest BCUT2D eigenvalue weighted by Crippen LogP contribution is -2.44. The monoisotopic (exact) mass is 257 g/mol. The summed E-state index contributed by atoms with van der Waals surface area (Å²) in [7, 11) is 0. The molecule has 0 radical (unpaired) electrons. The van der Waals surface area contributed by atoms with Gasteiger partial charge in [0.15, 0.2) is 0 Å². The van der Waals surface area contributed by atoms with Crippen LogP contribution in [-0.2, 0) is 9.59 Å². The molecule has 0 aliphatic rings. The Bertz CT molecular complexity index is 292. The van der Waals surface area contributed by atoms with Crippen molar-refractivity contribution >= 4 is 11.9 Å². The van der Waals surface area contributed by atoms with E-state index in [1.807, 2.05) is 6.92 Å². The molecule has 0 aromatic heterocycles. The standard InChI is InChI=1S/C14H27NO3/c1-9(2)12(13(17)18)15-11(16)7-10(3)8-14(4,5)6/h9-10,12H,7-8H2,1-6H3,(H,15,16)(H,17,18)/t10?,12-/m1/s1. The van der Waals surface area contributed by atoms with Crippen LogP contribution in [0.1, 0.15) is 54.4 Å². The van der Waals surface area contributed by atoms with E-state index in [0.29, 0.717) is 6.42 Å². The van der Waals surface area contributed by atoms with Gasteiger partial charge in [-0.2, -0.15) is 0 Å². The highest BCUT2D eigenvalue weighted by Gasteiger charge is 2.24. The van der Waals surface area contributed by atoms with Crippen LogP contribution in [-0.4, -0.2) is 23.0 Å². The first-order valence-electron chi connectivity index (χ1n) is 6.55. The van der Waals surface area contributed by atoms with Gasteiger partial charge in [-0.15, -0.1) is 0 Å². The van der Waals surface area contributed by atoms with Gasteiger partial charge in [-0.25, -0.2) is 4.79 Å². The van der Waals surface area contributed by atoms with Crippen LogP contribution in [0.3, 0.4) is 0 Å². The van der Waals surface area contributed by atoms with Gasteiger partial charge < -0.3 is 10.4 Å². The zero-order chi connectivity index (χ0) is 14.5. The minimum Gasteiger partial charge on any atom is -0.480 e. The number of hydrogen-bond donors (Lipinski definition) is 2. The van der Waals surface area contributed by atoms with Crippen molar-refractivity contribution in [3.63, 3.8) is 0 Å². The van der Waals surface area contributed by atoms with E-state index in [-0.39, 0.29) is 23.2 Å². The van der Waals surface area contributed by atoms with Crippen LogP contribution in [0.2, 0.25) is 0 Å². The number of hydrogen-bond acceptors (Lipinski definition) is 2. The zero-order valence-corrected chi connectivity index (χ0v) is 12.4. The molecule has 0 bridgehead atoms. The maximum Gasteiger partial charge on any atom is 0.326 e. The van der Waals surface area contributed by atoms with E-state index in [4.69, 9.17) is 5.11 Å². The molecule has 0 saturated heterocycles. The molecule has 0 saturated carbocycles. The van der Waals surface area contributed by atoms with Crippen LogP contribution in [0.5, 0.6) is 0 Å². The highest BCUT2D eigenvalue weighted by Crippen LogP contribution is 2.25. The summed E-state index contributed by atoms with van der Waals surface area (Å²) in [6.07, 6.45) is 1.33. The van der Waals surface area contributed by atoms with Crippen molar-refractivity contribution in [1.82, 2.24) is 5.32 Å². The number of nitrogens with one attached hydrogen (secondary N) is 1. The summed E-state index contributed by atoms with van der Waals surface area (Å²) in [5.41, 5.74) is 0.184. The fourth-order valence-electron chi connectivity index (χ4n) is 2.18. The largest absolute Gasteiger partial charge is 0.480 e. The predicted molar refractivity (Wildman–Crippen MR) is 72.3 cm³/mol. The first kappa shape index (κ1) is 16.9. The van der Waals surface area contributed by atoms with Gasteiger partial charge in [0, 0.05) is 6.42 Å². The van der Waals surface area contributed by atoms with Crippen LogP contribution in [0.4, 0.5) is 0 Å². The number of aliphatic carboxylic acids is 1. The van der Waals surface area contributed by atoms with Crippen molar-refractivity contribution in [2.24, 2.45) is 17.3 Å². The molecule has 2 N–H and O–H groups in total. The molecule has 0 aliphatic heterocycles. The summed E-state index contributed by atoms with van der Waals surface area (Å²) in [5, 5.41) is 11.6. The van der Waals surface area contributed by atoms with E-state index in [0.717, 1.165) is 6.42 Å². The van der Waals surface area contributed by atoms with Crippen molar-refractivity contribution in [2.75, 3.05) is 0 Å². The van der Waals surface area contributed by atoms with E-state index < -0.39 is 12.0 Å². The molecule has 2 atom stereocenters. The Balaban J connectivity index is 4.29. The number of rotatable bonds is 6. The highest BCUT2D eigenvalue weighted by molar-refractivity contribution is 5.83. The van der Waals surface area contributed by atoms with E-state index in [2.05, 4.69) is 26.1 Å². The van der Waals surface area contributed by atoms with Crippen molar-refractivity contribution in [2.45, 2.75) is 60.4 Å².